The van der Waals surface area contributed by atoms with Crippen LogP contribution in [0.5, 0.6) is 0 Å². The smallest absolute Gasteiger partial charge is 0.246 e. The zero-order valence-electron chi connectivity index (χ0n) is 10.1. The number of hydrogen-bond donors (Lipinski definition) is 1. The lowest BCUT2D eigenvalue weighted by molar-refractivity contribution is 0.291. The Labute approximate surface area is 99.3 Å². The summed E-state index contributed by atoms with van der Waals surface area (Å²) < 4.78 is 5.14. The van der Waals surface area contributed by atoms with Gasteiger partial charge >= 0.3 is 0 Å². The van der Waals surface area contributed by atoms with Gasteiger partial charge in [0, 0.05) is 12.4 Å². The molecule has 0 saturated carbocycles. The Balaban J connectivity index is 2.33. The number of aromatic nitrogens is 4. The summed E-state index contributed by atoms with van der Waals surface area (Å²) in [5, 5.41) is 3.84. The summed E-state index contributed by atoms with van der Waals surface area (Å²) in [6, 6.07) is 0. The van der Waals surface area contributed by atoms with Crippen LogP contribution in [0, 0.1) is 6.92 Å². The van der Waals surface area contributed by atoms with Crippen molar-refractivity contribution in [3.63, 3.8) is 0 Å². The van der Waals surface area contributed by atoms with Gasteiger partial charge < -0.3 is 10.3 Å². The van der Waals surface area contributed by atoms with Gasteiger partial charge in [0.15, 0.2) is 0 Å². The van der Waals surface area contributed by atoms with E-state index in [2.05, 4.69) is 20.1 Å². The van der Waals surface area contributed by atoms with Crippen LogP contribution >= 0.6 is 0 Å². The zero-order valence-corrected chi connectivity index (χ0v) is 10.1. The topological polar surface area (TPSA) is 90.7 Å². The summed E-state index contributed by atoms with van der Waals surface area (Å²) in [6.07, 6.45) is 4.13. The number of aryl methyl sites for hydroxylation is 1. The van der Waals surface area contributed by atoms with Crippen molar-refractivity contribution in [2.75, 3.05) is 0 Å². The molecule has 0 aliphatic rings. The van der Waals surface area contributed by atoms with E-state index in [4.69, 9.17) is 10.3 Å². The van der Waals surface area contributed by atoms with Crippen LogP contribution in [0.15, 0.2) is 16.9 Å². The molecule has 0 aliphatic heterocycles. The van der Waals surface area contributed by atoms with Gasteiger partial charge in [0.2, 0.25) is 17.5 Å². The highest BCUT2D eigenvalue weighted by Crippen LogP contribution is 2.21. The van der Waals surface area contributed by atoms with E-state index in [0.717, 1.165) is 5.56 Å². The molecule has 6 nitrogen and oxygen atoms in total. The fraction of sp³-hybridized carbons (Fsp3) is 0.455. The Bertz CT molecular complexity index is 503. The first kappa shape index (κ1) is 11.7. The summed E-state index contributed by atoms with van der Waals surface area (Å²) in [5.41, 5.74) is 6.38. The van der Waals surface area contributed by atoms with Gasteiger partial charge in [-0.15, -0.1) is 0 Å². The second kappa shape index (κ2) is 4.21. The van der Waals surface area contributed by atoms with E-state index in [1.54, 1.807) is 12.4 Å². The van der Waals surface area contributed by atoms with E-state index in [-0.39, 0.29) is 0 Å². The highest BCUT2D eigenvalue weighted by atomic mass is 16.5. The summed E-state index contributed by atoms with van der Waals surface area (Å²) in [5.74, 6) is 1.21. The lowest BCUT2D eigenvalue weighted by atomic mass is 10.0. The van der Waals surface area contributed by atoms with Crippen LogP contribution in [0.1, 0.15) is 31.7 Å². The first-order chi connectivity index (χ1) is 8.03. The molecule has 90 valence electrons. The molecule has 0 spiro atoms. The molecule has 2 heterocycles. The zero-order chi connectivity index (χ0) is 12.5. The fourth-order valence-corrected chi connectivity index (χ4v) is 1.21. The van der Waals surface area contributed by atoms with Crippen LogP contribution in [0.3, 0.4) is 0 Å². The van der Waals surface area contributed by atoms with Crippen LogP contribution < -0.4 is 5.73 Å². The Hall–Kier alpha value is -1.82. The number of hydrogen-bond acceptors (Lipinski definition) is 6. The maximum Gasteiger partial charge on any atom is 0.246 e. The maximum atomic E-state index is 6.02. The lowest BCUT2D eigenvalue weighted by Gasteiger charge is -2.16. The predicted octanol–water partition coefficient (Wildman–Crippen LogP) is 1.42. The van der Waals surface area contributed by atoms with Crippen LogP contribution in [0.2, 0.25) is 0 Å². The first-order valence-electron chi connectivity index (χ1n) is 5.45. The molecular weight excluding hydrogens is 218 g/mol. The molecule has 0 radical (unpaired) electrons. The lowest BCUT2D eigenvalue weighted by Crippen LogP contribution is -2.32. The quantitative estimate of drug-likeness (QED) is 0.862. The number of nitrogens with two attached hydrogens (primary N) is 1. The molecule has 2 aromatic rings. The van der Waals surface area contributed by atoms with Crippen molar-refractivity contribution in [1.29, 1.82) is 0 Å². The third-order valence-corrected chi connectivity index (χ3v) is 2.63. The Morgan fingerprint density at radius 1 is 1.29 bits per heavy atom. The second-order valence-corrected chi connectivity index (χ2v) is 4.28. The second-order valence-electron chi connectivity index (χ2n) is 4.28. The maximum absolute atomic E-state index is 6.02. The molecule has 17 heavy (non-hydrogen) atoms. The molecule has 0 saturated heterocycles. The average molecular weight is 233 g/mol. The largest absolute Gasteiger partial charge is 0.337 e. The van der Waals surface area contributed by atoms with Crippen molar-refractivity contribution in [2.24, 2.45) is 5.73 Å². The van der Waals surface area contributed by atoms with E-state index in [0.29, 0.717) is 24.0 Å². The van der Waals surface area contributed by atoms with Gasteiger partial charge in [-0.1, -0.05) is 12.1 Å². The van der Waals surface area contributed by atoms with Gasteiger partial charge in [-0.3, -0.25) is 0 Å². The minimum absolute atomic E-state index is 0.366. The molecule has 2 N–H and O–H groups in total. The molecule has 0 fully saturated rings. The Morgan fingerprint density at radius 2 is 1.94 bits per heavy atom. The fourth-order valence-electron chi connectivity index (χ4n) is 1.21. The van der Waals surface area contributed by atoms with Crippen molar-refractivity contribution < 1.29 is 4.52 Å². The summed E-state index contributed by atoms with van der Waals surface area (Å²) >= 11 is 0. The van der Waals surface area contributed by atoms with Crippen molar-refractivity contribution in [1.82, 2.24) is 20.1 Å². The summed E-state index contributed by atoms with van der Waals surface area (Å²) in [7, 11) is 0. The average Bonchev–Trinajstić information content (AvgIpc) is 2.80. The van der Waals surface area contributed by atoms with Gasteiger partial charge in [0.1, 0.15) is 0 Å². The minimum Gasteiger partial charge on any atom is -0.337 e. The van der Waals surface area contributed by atoms with E-state index in [1.165, 1.54) is 0 Å². The monoisotopic (exact) mass is 233 g/mol. The predicted molar refractivity (Wildman–Crippen MR) is 61.9 cm³/mol. The van der Waals surface area contributed by atoms with Crippen molar-refractivity contribution in [2.45, 2.75) is 32.7 Å². The first-order valence-corrected chi connectivity index (χ1v) is 5.45. The molecule has 2 aromatic heterocycles. The summed E-state index contributed by atoms with van der Waals surface area (Å²) in [4.78, 5) is 12.5. The van der Waals surface area contributed by atoms with E-state index >= 15 is 0 Å². The minimum atomic E-state index is -0.615. The normalized spacial score (nSPS) is 14.6. The van der Waals surface area contributed by atoms with Crippen LogP contribution in [-0.2, 0) is 5.54 Å². The highest BCUT2D eigenvalue weighted by molar-refractivity contribution is 5.41. The third-order valence-electron chi connectivity index (χ3n) is 2.63. The molecule has 0 bridgehead atoms. The van der Waals surface area contributed by atoms with Crippen molar-refractivity contribution in [3.8, 4) is 11.6 Å². The van der Waals surface area contributed by atoms with Gasteiger partial charge in [0.05, 0.1) is 5.54 Å². The Kier molecular flexibility index (Phi) is 2.89. The van der Waals surface area contributed by atoms with E-state index < -0.39 is 5.54 Å². The van der Waals surface area contributed by atoms with E-state index in [9.17, 15) is 0 Å². The molecular formula is C11H15N5O. The molecule has 1 atom stereocenters. The molecule has 0 amide bonds. The van der Waals surface area contributed by atoms with E-state index in [1.807, 2.05) is 20.8 Å². The molecule has 2 rings (SSSR count). The SMILES string of the molecule is CCC(C)(N)c1nc(-c2ncc(C)cn2)no1. The molecule has 0 aliphatic carbocycles. The highest BCUT2D eigenvalue weighted by Gasteiger charge is 2.26. The van der Waals surface area contributed by atoms with Crippen LogP contribution in [0.4, 0.5) is 0 Å². The van der Waals surface area contributed by atoms with Gasteiger partial charge in [0.25, 0.3) is 0 Å². The number of rotatable bonds is 3. The van der Waals surface area contributed by atoms with Crippen LogP contribution in [0.25, 0.3) is 11.6 Å². The molecule has 1 unspecified atom stereocenters. The van der Waals surface area contributed by atoms with Crippen molar-refractivity contribution in [3.05, 3.63) is 23.8 Å². The third kappa shape index (κ3) is 2.31. The Morgan fingerprint density at radius 3 is 2.53 bits per heavy atom. The standard InChI is InChI=1S/C11H15N5O/c1-4-11(3,12)10-15-9(16-17-10)8-13-5-7(2)6-14-8/h5-6H,4,12H2,1-3H3. The van der Waals surface area contributed by atoms with Gasteiger partial charge in [-0.25, -0.2) is 9.97 Å². The van der Waals surface area contributed by atoms with Gasteiger partial charge in [-0.05, 0) is 25.8 Å². The van der Waals surface area contributed by atoms with Crippen LogP contribution in [-0.4, -0.2) is 20.1 Å². The summed E-state index contributed by atoms with van der Waals surface area (Å²) in [6.45, 7) is 5.73. The molecule has 6 heteroatoms. The number of nitrogens with zero attached hydrogens (tertiary/aromatic N) is 4. The van der Waals surface area contributed by atoms with Gasteiger partial charge in [-0.2, -0.15) is 4.98 Å². The van der Waals surface area contributed by atoms with Crippen molar-refractivity contribution >= 4 is 0 Å². The molecule has 0 aromatic carbocycles.